The van der Waals surface area contributed by atoms with Crippen LogP contribution in [0.3, 0.4) is 0 Å². The number of nitrogens with zero attached hydrogens (tertiary/aromatic N) is 9. The van der Waals surface area contributed by atoms with Crippen molar-refractivity contribution in [3.8, 4) is 0 Å². The zero-order valence-corrected chi connectivity index (χ0v) is 31.3. The van der Waals surface area contributed by atoms with E-state index in [0.29, 0.717) is 47.6 Å². The van der Waals surface area contributed by atoms with Gasteiger partial charge in [0.25, 0.3) is 5.91 Å². The number of rotatable bonds is 7. The highest BCUT2D eigenvalue weighted by molar-refractivity contribution is 6.01. The van der Waals surface area contributed by atoms with Crippen LogP contribution in [-0.4, -0.2) is 91.5 Å². The number of carbonyl (C=O) groups excluding carboxylic acids is 3. The zero-order chi connectivity index (χ0) is 37.7. The molecule has 2 saturated carbocycles. The summed E-state index contributed by atoms with van der Waals surface area (Å²) in [5.41, 5.74) is 4.88. The Labute approximate surface area is 317 Å². The van der Waals surface area contributed by atoms with E-state index in [4.69, 9.17) is 9.97 Å². The lowest BCUT2D eigenvalue weighted by Gasteiger charge is -2.42. The summed E-state index contributed by atoms with van der Waals surface area (Å²) in [5.74, 6) is 2.68. The molecule has 3 saturated heterocycles. The van der Waals surface area contributed by atoms with E-state index in [1.807, 2.05) is 30.5 Å². The summed E-state index contributed by atoms with van der Waals surface area (Å²) in [6.45, 7) is 3.82. The van der Waals surface area contributed by atoms with Crippen LogP contribution in [0.4, 0.5) is 23.1 Å². The van der Waals surface area contributed by atoms with Crippen LogP contribution in [0.2, 0.25) is 0 Å². The highest BCUT2D eigenvalue weighted by atomic mass is 16.2. The Balaban J connectivity index is 0.825. The van der Waals surface area contributed by atoms with Gasteiger partial charge in [0, 0.05) is 71.4 Å². The maximum atomic E-state index is 13.5. The van der Waals surface area contributed by atoms with Gasteiger partial charge in [-0.3, -0.25) is 28.8 Å². The van der Waals surface area contributed by atoms with Crippen molar-refractivity contribution in [1.82, 2.24) is 38.9 Å². The van der Waals surface area contributed by atoms with E-state index in [1.54, 1.807) is 41.4 Å². The van der Waals surface area contributed by atoms with Crippen molar-refractivity contribution < 1.29 is 14.4 Å². The molecular formula is C40H45N11O4. The first-order valence-electron chi connectivity index (χ1n) is 19.5. The number of carbonyl (C=O) groups is 3. The van der Waals surface area contributed by atoms with Crippen LogP contribution in [0, 0.1) is 23.7 Å². The number of hydrogen-bond acceptors (Lipinski definition) is 10. The molecule has 2 aliphatic carbocycles. The highest BCUT2D eigenvalue weighted by Crippen LogP contribution is 2.55. The quantitative estimate of drug-likeness (QED) is 0.235. The molecule has 5 fully saturated rings. The minimum Gasteiger partial charge on any atom is -0.370 e. The van der Waals surface area contributed by atoms with Crippen LogP contribution >= 0.6 is 0 Å². The monoisotopic (exact) mass is 743 g/mol. The first-order chi connectivity index (χ1) is 26.6. The summed E-state index contributed by atoms with van der Waals surface area (Å²) < 4.78 is 5.35. The Kier molecular flexibility index (Phi) is 7.79. The molecule has 1 aromatic carbocycles. The second-order valence-corrected chi connectivity index (χ2v) is 16.3. The van der Waals surface area contributed by atoms with Gasteiger partial charge in [-0.2, -0.15) is 4.98 Å². The van der Waals surface area contributed by atoms with Crippen molar-refractivity contribution in [2.24, 2.45) is 30.7 Å². The first-order valence-corrected chi connectivity index (χ1v) is 19.5. The molecule has 7 heterocycles. The molecule has 0 radical (unpaired) electrons. The van der Waals surface area contributed by atoms with E-state index in [9.17, 15) is 19.2 Å². The van der Waals surface area contributed by atoms with Gasteiger partial charge in [0.15, 0.2) is 0 Å². The topological polar surface area (TPSA) is 156 Å². The summed E-state index contributed by atoms with van der Waals surface area (Å²) in [5, 5.41) is 6.56. The largest absolute Gasteiger partial charge is 0.370 e. The molecule has 0 bridgehead atoms. The lowest BCUT2D eigenvalue weighted by molar-refractivity contribution is -0.135. The smallest absolute Gasteiger partial charge is 0.329 e. The summed E-state index contributed by atoms with van der Waals surface area (Å²) in [6, 6.07) is 11.5. The van der Waals surface area contributed by atoms with E-state index in [1.165, 1.54) is 0 Å². The predicted octanol–water partition coefficient (Wildman–Crippen LogP) is 3.84. The number of nitrogens with one attached hydrogen (secondary N) is 2. The summed E-state index contributed by atoms with van der Waals surface area (Å²) in [4.78, 5) is 71.9. The Bertz CT molecular complexity index is 2420. The average Bonchev–Trinajstić information content (AvgIpc) is 4.01. The normalized spacial score (nSPS) is 25.0. The molecular weight excluding hydrogens is 699 g/mol. The standard InChI is InChI=1S/C40H45N11O4/c1-46(2)38(54)32-15-22-16-42-39(45-36(22)50(32)23-7-4-5-8-23)43-33-13-11-24(17-41-33)48-18-25-26(19-48)28-21-49(20-27(25)28)29-9-6-10-30-35(29)47(3)40(55)51(30)31-12-14-34(52)44-37(31)53/h6,9-11,13,15-17,23,25-28,31H,4-5,7-8,12,14,18-21H2,1-3H3,(H,44,52,53)(H,41,42,43,45)/t25-,26+,27+,28-,31-/m0/s1. The van der Waals surface area contributed by atoms with E-state index >= 15 is 0 Å². The Morgan fingerprint density at radius 3 is 2.27 bits per heavy atom. The molecule has 5 aliphatic rings. The third kappa shape index (κ3) is 5.33. The fraction of sp³-hybridized carbons (Fsp3) is 0.475. The number of hydrogen-bond donors (Lipinski definition) is 2. The number of anilines is 4. The molecule has 284 valence electrons. The van der Waals surface area contributed by atoms with Gasteiger partial charge in [-0.05, 0) is 73.3 Å². The first kappa shape index (κ1) is 33.8. The van der Waals surface area contributed by atoms with E-state index in [0.717, 1.165) is 85.3 Å². The minimum absolute atomic E-state index is 0.0297. The molecule has 3 amide bonds. The summed E-state index contributed by atoms with van der Waals surface area (Å²) in [7, 11) is 5.33. The molecule has 4 aromatic heterocycles. The van der Waals surface area contributed by atoms with Gasteiger partial charge in [0.1, 0.15) is 23.2 Å². The number of pyridine rings is 1. The van der Waals surface area contributed by atoms with Crippen molar-refractivity contribution in [3.63, 3.8) is 0 Å². The van der Waals surface area contributed by atoms with Crippen LogP contribution < -0.4 is 26.1 Å². The number of benzene rings is 1. The van der Waals surface area contributed by atoms with Gasteiger partial charge in [-0.15, -0.1) is 0 Å². The van der Waals surface area contributed by atoms with Crippen molar-refractivity contribution in [1.29, 1.82) is 0 Å². The molecule has 55 heavy (non-hydrogen) atoms. The highest BCUT2D eigenvalue weighted by Gasteiger charge is 2.58. The molecule has 5 aromatic rings. The molecule has 0 unspecified atom stereocenters. The number of imidazole rings is 1. The van der Waals surface area contributed by atoms with E-state index in [2.05, 4.69) is 42.1 Å². The fourth-order valence-electron chi connectivity index (χ4n) is 10.4. The zero-order valence-electron chi connectivity index (χ0n) is 31.3. The van der Waals surface area contributed by atoms with Gasteiger partial charge in [-0.1, -0.05) is 18.9 Å². The van der Waals surface area contributed by atoms with Crippen LogP contribution in [0.5, 0.6) is 0 Å². The molecule has 0 spiro atoms. The van der Waals surface area contributed by atoms with Crippen LogP contribution in [0.15, 0.2) is 53.6 Å². The van der Waals surface area contributed by atoms with Crippen molar-refractivity contribution in [2.45, 2.75) is 50.6 Å². The number of aryl methyl sites for hydroxylation is 1. The Morgan fingerprint density at radius 2 is 1.60 bits per heavy atom. The molecule has 3 aliphatic heterocycles. The fourth-order valence-corrected chi connectivity index (χ4v) is 10.4. The molecule has 15 heteroatoms. The van der Waals surface area contributed by atoms with E-state index < -0.39 is 11.9 Å². The van der Waals surface area contributed by atoms with Gasteiger partial charge in [0.2, 0.25) is 17.8 Å². The van der Waals surface area contributed by atoms with Crippen molar-refractivity contribution in [3.05, 3.63) is 65.0 Å². The number of aromatic nitrogens is 6. The van der Waals surface area contributed by atoms with Gasteiger partial charge >= 0.3 is 5.69 Å². The van der Waals surface area contributed by atoms with E-state index in [-0.39, 0.29) is 30.0 Å². The number of amides is 3. The number of para-hydroxylation sites is 1. The van der Waals surface area contributed by atoms with Gasteiger partial charge < -0.3 is 24.6 Å². The molecule has 15 nitrogen and oxygen atoms in total. The van der Waals surface area contributed by atoms with Crippen molar-refractivity contribution in [2.75, 3.05) is 55.4 Å². The SMILES string of the molecule is CN(C)C(=O)c1cc2cnc(Nc3ccc(N4C[C@@H]5[C@H](C4)[C@H]4CN(c6cccc7c6n(C)c(=O)n7[C@H]6CCC(=O)NC6=O)C[C@@H]54)cn3)nc2n1C1CCCC1. The summed E-state index contributed by atoms with van der Waals surface area (Å²) >= 11 is 0. The van der Waals surface area contributed by atoms with Crippen LogP contribution in [-0.2, 0) is 16.6 Å². The maximum absolute atomic E-state index is 13.5. The summed E-state index contributed by atoms with van der Waals surface area (Å²) in [6.07, 6.45) is 8.62. The van der Waals surface area contributed by atoms with Crippen LogP contribution in [0.25, 0.3) is 22.1 Å². The Hall–Kier alpha value is -5.73. The van der Waals surface area contributed by atoms with Crippen molar-refractivity contribution >= 4 is 62.9 Å². The van der Waals surface area contributed by atoms with Gasteiger partial charge in [-0.25, -0.2) is 14.8 Å². The second kappa shape index (κ2) is 12.7. The number of piperidine rings is 1. The number of imide groups is 1. The lowest BCUT2D eigenvalue weighted by atomic mass is 9.60. The Morgan fingerprint density at radius 1 is 0.873 bits per heavy atom. The third-order valence-corrected chi connectivity index (χ3v) is 13.1. The van der Waals surface area contributed by atoms with Crippen LogP contribution in [0.1, 0.15) is 61.1 Å². The number of fused-ring (bicyclic) bond motifs is 6. The molecule has 10 rings (SSSR count). The average molecular weight is 744 g/mol. The second-order valence-electron chi connectivity index (χ2n) is 16.3. The minimum atomic E-state index is -0.699. The van der Waals surface area contributed by atoms with Gasteiger partial charge in [0.05, 0.1) is 28.6 Å². The predicted molar refractivity (Wildman–Crippen MR) is 208 cm³/mol. The third-order valence-electron chi connectivity index (χ3n) is 13.1. The lowest BCUT2D eigenvalue weighted by Crippen LogP contribution is -2.44. The molecule has 5 atom stereocenters. The molecule has 2 N–H and O–H groups in total. The maximum Gasteiger partial charge on any atom is 0.329 e.